The monoisotopic (exact) mass is 299 g/mol. The molecule has 2 rings (SSSR count). The van der Waals surface area contributed by atoms with Gasteiger partial charge in [-0.2, -0.15) is 23.5 Å². The number of hydrogen-bond acceptors (Lipinski definition) is 4. The van der Waals surface area contributed by atoms with E-state index in [0.29, 0.717) is 11.3 Å². The molecule has 5 heteroatoms. The Labute approximate surface area is 125 Å². The van der Waals surface area contributed by atoms with Crippen molar-refractivity contribution in [2.75, 3.05) is 18.6 Å². The van der Waals surface area contributed by atoms with Crippen molar-refractivity contribution in [2.45, 2.75) is 49.8 Å². The van der Waals surface area contributed by atoms with E-state index >= 15 is 0 Å². The van der Waals surface area contributed by atoms with Gasteiger partial charge in [-0.25, -0.2) is 4.98 Å². The average molecular weight is 300 g/mol. The molecule has 1 saturated heterocycles. The third kappa shape index (κ3) is 3.92. The van der Waals surface area contributed by atoms with Crippen LogP contribution < -0.4 is 5.32 Å². The molecule has 0 aliphatic carbocycles. The summed E-state index contributed by atoms with van der Waals surface area (Å²) in [6.45, 7) is 5.66. The van der Waals surface area contributed by atoms with Gasteiger partial charge in [-0.3, -0.25) is 0 Å². The fraction of sp³-hybridized carbons (Fsp3) is 0.786. The van der Waals surface area contributed by atoms with Crippen LogP contribution in [0.3, 0.4) is 0 Å². The molecule has 1 aliphatic heterocycles. The van der Waals surface area contributed by atoms with Gasteiger partial charge in [0.05, 0.1) is 0 Å². The quantitative estimate of drug-likeness (QED) is 0.874. The highest BCUT2D eigenvalue weighted by Crippen LogP contribution is 2.33. The molecule has 0 spiro atoms. The molecule has 108 valence electrons. The number of thioether (sulfide) groups is 2. The van der Waals surface area contributed by atoms with Crippen molar-refractivity contribution in [3.8, 4) is 0 Å². The lowest BCUT2D eigenvalue weighted by molar-refractivity contribution is 0.502. The minimum Gasteiger partial charge on any atom is -0.335 e. The zero-order valence-corrected chi connectivity index (χ0v) is 13.8. The highest BCUT2D eigenvalue weighted by Gasteiger charge is 2.30. The SMILES string of the molecule is CCCn1ccnc1CC(NC)C1SCCSC1C. The summed E-state index contributed by atoms with van der Waals surface area (Å²) in [5, 5.41) is 4.94. The molecule has 0 saturated carbocycles. The summed E-state index contributed by atoms with van der Waals surface area (Å²) in [6.07, 6.45) is 6.24. The second-order valence-corrected chi connectivity index (χ2v) is 7.82. The van der Waals surface area contributed by atoms with Crippen molar-refractivity contribution in [2.24, 2.45) is 0 Å². The van der Waals surface area contributed by atoms with Gasteiger partial charge in [0.15, 0.2) is 0 Å². The average Bonchev–Trinajstić information content (AvgIpc) is 2.85. The first-order valence-corrected chi connectivity index (χ1v) is 9.26. The zero-order valence-electron chi connectivity index (χ0n) is 12.1. The molecule has 0 bridgehead atoms. The van der Waals surface area contributed by atoms with Crippen LogP contribution in [0.2, 0.25) is 0 Å². The third-order valence-corrected chi connectivity index (χ3v) is 6.92. The number of imidazole rings is 1. The van der Waals surface area contributed by atoms with E-state index in [1.54, 1.807) is 0 Å². The molecule has 0 amide bonds. The summed E-state index contributed by atoms with van der Waals surface area (Å²) >= 11 is 4.23. The van der Waals surface area contributed by atoms with Crippen LogP contribution in [-0.2, 0) is 13.0 Å². The molecule has 1 N–H and O–H groups in total. The van der Waals surface area contributed by atoms with Crippen LogP contribution in [-0.4, -0.2) is 44.6 Å². The Morgan fingerprint density at radius 1 is 1.47 bits per heavy atom. The molecule has 0 radical (unpaired) electrons. The van der Waals surface area contributed by atoms with Crippen LogP contribution in [0.4, 0.5) is 0 Å². The number of nitrogens with zero attached hydrogens (tertiary/aromatic N) is 2. The smallest absolute Gasteiger partial charge is 0.110 e. The van der Waals surface area contributed by atoms with Crippen LogP contribution in [0.25, 0.3) is 0 Å². The number of hydrogen-bond donors (Lipinski definition) is 1. The fourth-order valence-electron chi connectivity index (χ4n) is 2.65. The standard InChI is InChI=1S/C14H25N3S2/c1-4-6-17-7-5-16-13(17)10-12(15-3)14-11(2)18-8-9-19-14/h5,7,11-12,14-15H,4,6,8-10H2,1-3H3. The number of aryl methyl sites for hydroxylation is 1. The highest BCUT2D eigenvalue weighted by atomic mass is 32.2. The second kappa shape index (κ2) is 7.60. The van der Waals surface area contributed by atoms with Gasteiger partial charge in [-0.1, -0.05) is 13.8 Å². The van der Waals surface area contributed by atoms with Gasteiger partial charge in [-0.05, 0) is 13.5 Å². The summed E-state index contributed by atoms with van der Waals surface area (Å²) in [6, 6.07) is 0.519. The molecule has 2 heterocycles. The Morgan fingerprint density at radius 3 is 2.95 bits per heavy atom. The van der Waals surface area contributed by atoms with Crippen LogP contribution in [0, 0.1) is 0 Å². The maximum Gasteiger partial charge on any atom is 0.110 e. The van der Waals surface area contributed by atoms with E-state index in [1.807, 2.05) is 6.20 Å². The zero-order chi connectivity index (χ0) is 13.7. The summed E-state index contributed by atoms with van der Waals surface area (Å²) in [7, 11) is 2.09. The molecule has 1 aliphatic rings. The van der Waals surface area contributed by atoms with Crippen molar-refractivity contribution >= 4 is 23.5 Å². The highest BCUT2D eigenvalue weighted by molar-refractivity contribution is 8.07. The van der Waals surface area contributed by atoms with Gasteiger partial charge in [0.1, 0.15) is 5.82 Å². The topological polar surface area (TPSA) is 29.9 Å². The first-order valence-electron chi connectivity index (χ1n) is 7.16. The molecule has 1 aromatic rings. The molecular weight excluding hydrogens is 274 g/mol. The second-order valence-electron chi connectivity index (χ2n) is 5.05. The molecule has 0 aromatic carbocycles. The van der Waals surface area contributed by atoms with Gasteiger partial charge in [0, 0.05) is 53.4 Å². The summed E-state index contributed by atoms with van der Waals surface area (Å²) in [5.74, 6) is 3.80. The van der Waals surface area contributed by atoms with Crippen LogP contribution in [0.1, 0.15) is 26.1 Å². The normalized spacial score (nSPS) is 25.4. The van der Waals surface area contributed by atoms with E-state index in [1.165, 1.54) is 17.3 Å². The predicted octanol–water partition coefficient (Wildman–Crippen LogP) is 2.66. The Morgan fingerprint density at radius 2 is 2.26 bits per heavy atom. The van der Waals surface area contributed by atoms with Crippen LogP contribution in [0.15, 0.2) is 12.4 Å². The summed E-state index contributed by atoms with van der Waals surface area (Å²) in [5.41, 5.74) is 0. The van der Waals surface area contributed by atoms with E-state index in [-0.39, 0.29) is 0 Å². The number of rotatable bonds is 6. The first kappa shape index (κ1) is 15.3. The van der Waals surface area contributed by atoms with E-state index < -0.39 is 0 Å². The van der Waals surface area contributed by atoms with E-state index in [0.717, 1.165) is 24.6 Å². The van der Waals surface area contributed by atoms with Gasteiger partial charge < -0.3 is 9.88 Å². The van der Waals surface area contributed by atoms with Crippen molar-refractivity contribution in [3.63, 3.8) is 0 Å². The minimum absolute atomic E-state index is 0.519. The molecule has 1 aromatic heterocycles. The van der Waals surface area contributed by atoms with Crippen molar-refractivity contribution in [1.82, 2.24) is 14.9 Å². The molecule has 3 unspecified atom stereocenters. The number of aromatic nitrogens is 2. The molecule has 1 fully saturated rings. The Hall–Kier alpha value is -0.130. The lowest BCUT2D eigenvalue weighted by atomic mass is 10.1. The largest absolute Gasteiger partial charge is 0.335 e. The fourth-order valence-corrected chi connectivity index (χ4v) is 5.65. The van der Waals surface area contributed by atoms with E-state index in [2.05, 4.69) is 65.5 Å². The van der Waals surface area contributed by atoms with E-state index in [4.69, 9.17) is 0 Å². The maximum atomic E-state index is 4.55. The predicted molar refractivity (Wildman–Crippen MR) is 87.2 cm³/mol. The van der Waals surface area contributed by atoms with Gasteiger partial charge in [0.25, 0.3) is 0 Å². The molecule has 3 atom stereocenters. The Balaban J connectivity index is 2.03. The van der Waals surface area contributed by atoms with Crippen molar-refractivity contribution in [3.05, 3.63) is 18.2 Å². The van der Waals surface area contributed by atoms with Crippen LogP contribution >= 0.6 is 23.5 Å². The summed E-state index contributed by atoms with van der Waals surface area (Å²) in [4.78, 5) is 4.55. The van der Waals surface area contributed by atoms with Gasteiger partial charge in [-0.15, -0.1) is 0 Å². The van der Waals surface area contributed by atoms with Gasteiger partial charge in [0.2, 0.25) is 0 Å². The lowest BCUT2D eigenvalue weighted by Gasteiger charge is -2.34. The Kier molecular flexibility index (Phi) is 6.10. The minimum atomic E-state index is 0.519. The molecular formula is C14H25N3S2. The molecule has 3 nitrogen and oxygen atoms in total. The maximum absolute atomic E-state index is 4.55. The van der Waals surface area contributed by atoms with E-state index in [9.17, 15) is 0 Å². The lowest BCUT2D eigenvalue weighted by Crippen LogP contribution is -2.44. The Bertz CT molecular complexity index is 381. The molecule has 19 heavy (non-hydrogen) atoms. The van der Waals surface area contributed by atoms with Crippen LogP contribution in [0.5, 0.6) is 0 Å². The first-order chi connectivity index (χ1) is 9.26. The van der Waals surface area contributed by atoms with Gasteiger partial charge >= 0.3 is 0 Å². The number of nitrogens with one attached hydrogen (secondary N) is 1. The summed E-state index contributed by atoms with van der Waals surface area (Å²) < 4.78 is 2.30. The van der Waals surface area contributed by atoms with Crippen molar-refractivity contribution < 1.29 is 0 Å². The third-order valence-electron chi connectivity index (χ3n) is 3.67. The number of likely N-dealkylation sites (N-methyl/N-ethyl adjacent to an activating group) is 1. The van der Waals surface area contributed by atoms with Crippen molar-refractivity contribution in [1.29, 1.82) is 0 Å².